The van der Waals surface area contributed by atoms with Gasteiger partial charge in [-0.25, -0.2) is 9.48 Å². The molecule has 1 amide bonds. The Bertz CT molecular complexity index is 648. The number of morpholine rings is 1. The number of nitrogens with zero attached hydrogens (tertiary/aromatic N) is 4. The summed E-state index contributed by atoms with van der Waals surface area (Å²) in [7, 11) is 0. The van der Waals surface area contributed by atoms with E-state index in [1.165, 1.54) is 5.56 Å². The number of amides is 1. The molecule has 1 aromatic heterocycles. The summed E-state index contributed by atoms with van der Waals surface area (Å²) in [4.78, 5) is 13.5. The molecule has 0 atom stereocenters. The maximum absolute atomic E-state index is 11.9. The zero-order chi connectivity index (χ0) is 16.1. The molecule has 1 aliphatic heterocycles. The molecule has 0 saturated carbocycles. The van der Waals surface area contributed by atoms with Crippen LogP contribution in [0.3, 0.4) is 0 Å². The highest BCUT2D eigenvalue weighted by atomic mass is 16.6. The van der Waals surface area contributed by atoms with Crippen molar-refractivity contribution in [1.29, 1.82) is 0 Å². The fourth-order valence-electron chi connectivity index (χ4n) is 2.34. The third kappa shape index (κ3) is 4.29. The highest BCUT2D eigenvalue weighted by Crippen LogP contribution is 2.07. The molecule has 0 spiro atoms. The lowest BCUT2D eigenvalue weighted by Gasteiger charge is -2.25. The minimum atomic E-state index is -0.332. The largest absolute Gasteiger partial charge is 0.443 e. The van der Waals surface area contributed by atoms with Crippen molar-refractivity contribution < 1.29 is 14.3 Å². The molecule has 0 radical (unpaired) electrons. The highest BCUT2D eigenvalue weighted by Gasteiger charge is 2.18. The SMILES string of the molecule is Cc1ccc(Cn2cc(COC(=O)N3CCOCC3)nn2)cc1. The summed E-state index contributed by atoms with van der Waals surface area (Å²) in [5, 5.41) is 8.11. The van der Waals surface area contributed by atoms with Gasteiger partial charge >= 0.3 is 6.09 Å². The molecule has 0 bridgehead atoms. The van der Waals surface area contributed by atoms with Gasteiger partial charge in [-0.2, -0.15) is 0 Å². The topological polar surface area (TPSA) is 69.5 Å². The van der Waals surface area contributed by atoms with Crippen LogP contribution in [-0.4, -0.2) is 52.3 Å². The standard InChI is InChI=1S/C16H20N4O3/c1-13-2-4-14(5-3-13)10-20-11-15(17-18-20)12-23-16(21)19-6-8-22-9-7-19/h2-5,11H,6-10,12H2,1H3. The molecule has 122 valence electrons. The molecule has 7 heteroatoms. The Morgan fingerprint density at radius 2 is 2.00 bits per heavy atom. The lowest BCUT2D eigenvalue weighted by atomic mass is 10.1. The first-order valence-electron chi connectivity index (χ1n) is 7.65. The normalized spacial score (nSPS) is 14.7. The molecule has 1 fully saturated rings. The average molecular weight is 316 g/mol. The lowest BCUT2D eigenvalue weighted by molar-refractivity contribution is 0.0246. The summed E-state index contributed by atoms with van der Waals surface area (Å²) >= 11 is 0. The van der Waals surface area contributed by atoms with E-state index in [1.54, 1.807) is 15.8 Å². The van der Waals surface area contributed by atoms with Crippen molar-refractivity contribution in [2.24, 2.45) is 0 Å². The van der Waals surface area contributed by atoms with Gasteiger partial charge in [0.1, 0.15) is 12.3 Å². The van der Waals surface area contributed by atoms with Gasteiger partial charge in [-0.1, -0.05) is 35.0 Å². The van der Waals surface area contributed by atoms with Crippen LogP contribution in [0.4, 0.5) is 4.79 Å². The Labute approximate surface area is 134 Å². The van der Waals surface area contributed by atoms with Crippen molar-refractivity contribution in [2.75, 3.05) is 26.3 Å². The predicted molar refractivity (Wildman–Crippen MR) is 82.9 cm³/mol. The molecule has 23 heavy (non-hydrogen) atoms. The highest BCUT2D eigenvalue weighted by molar-refractivity contribution is 5.67. The van der Waals surface area contributed by atoms with Gasteiger partial charge in [-0.15, -0.1) is 5.10 Å². The maximum Gasteiger partial charge on any atom is 0.410 e. The summed E-state index contributed by atoms with van der Waals surface area (Å²) < 4.78 is 12.2. The van der Waals surface area contributed by atoms with Crippen LogP contribution >= 0.6 is 0 Å². The van der Waals surface area contributed by atoms with Crippen molar-refractivity contribution in [3.05, 3.63) is 47.3 Å². The average Bonchev–Trinajstić information content (AvgIpc) is 3.03. The van der Waals surface area contributed by atoms with E-state index in [0.29, 0.717) is 38.5 Å². The third-order valence-electron chi connectivity index (χ3n) is 3.66. The van der Waals surface area contributed by atoms with Crippen molar-refractivity contribution in [2.45, 2.75) is 20.1 Å². The number of aromatic nitrogens is 3. The number of ether oxygens (including phenoxy) is 2. The third-order valence-corrected chi connectivity index (χ3v) is 3.66. The first kappa shape index (κ1) is 15.5. The van der Waals surface area contributed by atoms with E-state index in [2.05, 4.69) is 41.5 Å². The minimum Gasteiger partial charge on any atom is -0.443 e. The second-order valence-corrected chi connectivity index (χ2v) is 5.55. The van der Waals surface area contributed by atoms with Gasteiger partial charge in [0.25, 0.3) is 0 Å². The molecule has 1 aliphatic rings. The van der Waals surface area contributed by atoms with E-state index in [1.807, 2.05) is 0 Å². The fraction of sp³-hybridized carbons (Fsp3) is 0.438. The van der Waals surface area contributed by atoms with Crippen molar-refractivity contribution in [3.63, 3.8) is 0 Å². The Balaban J connectivity index is 1.50. The minimum absolute atomic E-state index is 0.129. The molecule has 0 aliphatic carbocycles. The first-order valence-corrected chi connectivity index (χ1v) is 7.65. The number of benzene rings is 1. The maximum atomic E-state index is 11.9. The monoisotopic (exact) mass is 316 g/mol. The van der Waals surface area contributed by atoms with E-state index < -0.39 is 0 Å². The number of rotatable bonds is 4. The number of hydrogen-bond acceptors (Lipinski definition) is 5. The van der Waals surface area contributed by atoms with Crippen LogP contribution in [0.2, 0.25) is 0 Å². The van der Waals surface area contributed by atoms with E-state index in [9.17, 15) is 4.79 Å². The Morgan fingerprint density at radius 3 is 2.74 bits per heavy atom. The second kappa shape index (κ2) is 7.23. The molecule has 7 nitrogen and oxygen atoms in total. The van der Waals surface area contributed by atoms with E-state index in [0.717, 1.165) is 5.56 Å². The van der Waals surface area contributed by atoms with Crippen LogP contribution in [0.1, 0.15) is 16.8 Å². The van der Waals surface area contributed by atoms with Gasteiger partial charge in [0, 0.05) is 13.1 Å². The Kier molecular flexibility index (Phi) is 4.87. The fourth-order valence-corrected chi connectivity index (χ4v) is 2.34. The molecule has 0 N–H and O–H groups in total. The number of hydrogen-bond donors (Lipinski definition) is 0. The Morgan fingerprint density at radius 1 is 1.26 bits per heavy atom. The van der Waals surface area contributed by atoms with E-state index in [-0.39, 0.29) is 12.7 Å². The number of carbonyl (C=O) groups is 1. The molecule has 1 saturated heterocycles. The van der Waals surface area contributed by atoms with Gasteiger partial charge in [0.2, 0.25) is 0 Å². The summed E-state index contributed by atoms with van der Waals surface area (Å²) in [6.07, 6.45) is 1.47. The van der Waals surface area contributed by atoms with Gasteiger partial charge in [-0.3, -0.25) is 0 Å². The molecule has 2 aromatic rings. The van der Waals surface area contributed by atoms with Gasteiger partial charge < -0.3 is 14.4 Å². The first-order chi connectivity index (χ1) is 11.2. The Hall–Kier alpha value is -2.41. The quantitative estimate of drug-likeness (QED) is 0.857. The van der Waals surface area contributed by atoms with Crippen LogP contribution in [0.25, 0.3) is 0 Å². The van der Waals surface area contributed by atoms with Gasteiger partial charge in [0.15, 0.2) is 0 Å². The molecule has 0 unspecified atom stereocenters. The molecular formula is C16H20N4O3. The van der Waals surface area contributed by atoms with Crippen LogP contribution in [0.5, 0.6) is 0 Å². The summed E-state index contributed by atoms with van der Waals surface area (Å²) in [6.45, 7) is 5.08. The van der Waals surface area contributed by atoms with Crippen LogP contribution < -0.4 is 0 Å². The van der Waals surface area contributed by atoms with Crippen molar-refractivity contribution >= 4 is 6.09 Å². The predicted octanol–water partition coefficient (Wildman–Crippen LogP) is 1.60. The van der Waals surface area contributed by atoms with Crippen LogP contribution in [0, 0.1) is 6.92 Å². The summed E-state index contributed by atoms with van der Waals surface area (Å²) in [6, 6.07) is 8.26. The van der Waals surface area contributed by atoms with Crippen LogP contribution in [-0.2, 0) is 22.6 Å². The molecular weight excluding hydrogens is 296 g/mol. The number of aryl methyl sites for hydroxylation is 1. The number of carbonyl (C=O) groups excluding carboxylic acids is 1. The zero-order valence-corrected chi connectivity index (χ0v) is 13.1. The van der Waals surface area contributed by atoms with Crippen molar-refractivity contribution in [3.8, 4) is 0 Å². The lowest BCUT2D eigenvalue weighted by Crippen LogP contribution is -2.40. The van der Waals surface area contributed by atoms with E-state index in [4.69, 9.17) is 9.47 Å². The molecule has 1 aromatic carbocycles. The molecule has 2 heterocycles. The smallest absolute Gasteiger partial charge is 0.410 e. The molecule has 3 rings (SSSR count). The summed E-state index contributed by atoms with van der Waals surface area (Å²) in [5.41, 5.74) is 3.01. The second-order valence-electron chi connectivity index (χ2n) is 5.55. The zero-order valence-electron chi connectivity index (χ0n) is 13.1. The van der Waals surface area contributed by atoms with Gasteiger partial charge in [0.05, 0.1) is 26.0 Å². The van der Waals surface area contributed by atoms with Gasteiger partial charge in [-0.05, 0) is 12.5 Å². The van der Waals surface area contributed by atoms with Crippen molar-refractivity contribution in [1.82, 2.24) is 19.9 Å². The van der Waals surface area contributed by atoms with E-state index >= 15 is 0 Å². The summed E-state index contributed by atoms with van der Waals surface area (Å²) in [5.74, 6) is 0. The van der Waals surface area contributed by atoms with Crippen LogP contribution in [0.15, 0.2) is 30.5 Å².